The number of aryl methyl sites for hydroxylation is 2. The van der Waals surface area contributed by atoms with Crippen molar-refractivity contribution in [3.63, 3.8) is 0 Å². The molecule has 10 heteroatoms. The first-order chi connectivity index (χ1) is 13.6. The van der Waals surface area contributed by atoms with Gasteiger partial charge in [0.1, 0.15) is 24.0 Å². The highest BCUT2D eigenvalue weighted by molar-refractivity contribution is 5.86. The Morgan fingerprint density at radius 3 is 2.82 bits per heavy atom. The van der Waals surface area contributed by atoms with E-state index in [4.69, 9.17) is 9.72 Å². The predicted octanol–water partition coefficient (Wildman–Crippen LogP) is 0.927. The average molecular weight is 382 g/mol. The van der Waals surface area contributed by atoms with Gasteiger partial charge < -0.3 is 19.9 Å². The van der Waals surface area contributed by atoms with Gasteiger partial charge in [-0.15, -0.1) is 0 Å². The van der Waals surface area contributed by atoms with Crippen LogP contribution in [0, 0.1) is 6.92 Å². The average Bonchev–Trinajstić information content (AvgIpc) is 3.33. The van der Waals surface area contributed by atoms with Crippen molar-refractivity contribution in [2.24, 2.45) is 0 Å². The molecule has 4 rings (SSSR count). The summed E-state index contributed by atoms with van der Waals surface area (Å²) in [5.41, 5.74) is 2.25. The van der Waals surface area contributed by atoms with Crippen LogP contribution in [-0.2, 0) is 16.1 Å². The van der Waals surface area contributed by atoms with E-state index in [2.05, 4.69) is 30.6 Å². The number of fused-ring (bicyclic) bond motifs is 1. The standard InChI is InChI=1S/C18H22N8O2/c1-4-26-16(11-6-19-10(2)20-7-11)25-14-15(22-9-23-17(14)26)24-12-5-13(21-8-12)18(27)28-3/h6-7,9,12-13,21H,4-5,8H2,1-3H3,(H,22,23,24)/t12?,13-/m1/s1. The van der Waals surface area contributed by atoms with E-state index in [0.29, 0.717) is 36.7 Å². The second kappa shape index (κ2) is 7.47. The summed E-state index contributed by atoms with van der Waals surface area (Å²) in [7, 11) is 1.40. The largest absolute Gasteiger partial charge is 0.468 e. The summed E-state index contributed by atoms with van der Waals surface area (Å²) in [5.74, 6) is 1.84. The number of imidazole rings is 1. The van der Waals surface area contributed by atoms with E-state index in [1.807, 2.05) is 18.4 Å². The summed E-state index contributed by atoms with van der Waals surface area (Å²) >= 11 is 0. The first kappa shape index (κ1) is 18.2. The number of rotatable bonds is 5. The number of aromatic nitrogens is 6. The summed E-state index contributed by atoms with van der Waals surface area (Å²) in [4.78, 5) is 33.9. The van der Waals surface area contributed by atoms with E-state index < -0.39 is 0 Å². The Labute approximate surface area is 161 Å². The Morgan fingerprint density at radius 2 is 2.11 bits per heavy atom. The topological polar surface area (TPSA) is 120 Å². The number of hydrogen-bond donors (Lipinski definition) is 2. The van der Waals surface area contributed by atoms with Gasteiger partial charge in [-0.05, 0) is 20.3 Å². The molecule has 0 radical (unpaired) electrons. The van der Waals surface area contributed by atoms with Crippen LogP contribution in [0.15, 0.2) is 18.7 Å². The van der Waals surface area contributed by atoms with Gasteiger partial charge in [-0.1, -0.05) is 0 Å². The number of carbonyl (C=O) groups is 1. The zero-order valence-corrected chi connectivity index (χ0v) is 16.0. The van der Waals surface area contributed by atoms with Crippen molar-refractivity contribution in [3.05, 3.63) is 24.5 Å². The monoisotopic (exact) mass is 382 g/mol. The van der Waals surface area contributed by atoms with Gasteiger partial charge in [0.15, 0.2) is 17.0 Å². The molecule has 0 saturated carbocycles. The van der Waals surface area contributed by atoms with Crippen molar-refractivity contribution in [2.75, 3.05) is 19.0 Å². The summed E-state index contributed by atoms with van der Waals surface area (Å²) in [5, 5.41) is 6.55. The first-order valence-corrected chi connectivity index (χ1v) is 9.18. The number of anilines is 1. The number of esters is 1. The van der Waals surface area contributed by atoms with Crippen molar-refractivity contribution >= 4 is 23.0 Å². The smallest absolute Gasteiger partial charge is 0.322 e. The number of ether oxygens (including phenoxy) is 1. The molecule has 0 aromatic carbocycles. The molecular weight excluding hydrogens is 360 g/mol. The minimum atomic E-state index is -0.312. The number of carbonyl (C=O) groups excluding carboxylic acids is 1. The Balaban J connectivity index is 1.67. The summed E-state index contributed by atoms with van der Waals surface area (Å²) in [6.07, 6.45) is 5.66. The van der Waals surface area contributed by atoms with Gasteiger partial charge in [0.25, 0.3) is 0 Å². The van der Waals surface area contributed by atoms with E-state index in [1.165, 1.54) is 13.4 Å². The molecule has 4 heterocycles. The van der Waals surface area contributed by atoms with Crippen LogP contribution in [0.2, 0.25) is 0 Å². The van der Waals surface area contributed by atoms with Crippen molar-refractivity contribution in [1.29, 1.82) is 0 Å². The third kappa shape index (κ3) is 3.26. The van der Waals surface area contributed by atoms with Crippen molar-refractivity contribution in [2.45, 2.75) is 38.9 Å². The Hall–Kier alpha value is -3.14. The molecule has 10 nitrogen and oxygen atoms in total. The fourth-order valence-electron chi connectivity index (χ4n) is 3.43. The molecule has 0 spiro atoms. The number of nitrogens with one attached hydrogen (secondary N) is 2. The van der Waals surface area contributed by atoms with Crippen LogP contribution in [0.25, 0.3) is 22.6 Å². The first-order valence-electron chi connectivity index (χ1n) is 9.18. The molecule has 146 valence electrons. The van der Waals surface area contributed by atoms with Gasteiger partial charge >= 0.3 is 5.97 Å². The molecule has 1 saturated heterocycles. The van der Waals surface area contributed by atoms with Gasteiger partial charge in [-0.3, -0.25) is 4.79 Å². The summed E-state index contributed by atoms with van der Waals surface area (Å²) in [6, 6.07) is -0.270. The van der Waals surface area contributed by atoms with Gasteiger partial charge in [0, 0.05) is 31.5 Å². The zero-order valence-electron chi connectivity index (χ0n) is 16.0. The molecule has 28 heavy (non-hydrogen) atoms. The van der Waals surface area contributed by atoms with Gasteiger partial charge in [-0.2, -0.15) is 0 Å². The molecule has 3 aromatic rings. The molecule has 0 amide bonds. The number of hydrogen-bond acceptors (Lipinski definition) is 9. The van der Waals surface area contributed by atoms with Crippen LogP contribution in [-0.4, -0.2) is 61.2 Å². The number of methoxy groups -OCH3 is 1. The third-order valence-electron chi connectivity index (χ3n) is 4.84. The normalized spacial score (nSPS) is 19.1. The van der Waals surface area contributed by atoms with Crippen molar-refractivity contribution in [1.82, 2.24) is 34.8 Å². The van der Waals surface area contributed by atoms with Gasteiger partial charge in [0.2, 0.25) is 0 Å². The molecule has 1 aliphatic heterocycles. The van der Waals surface area contributed by atoms with E-state index in [9.17, 15) is 4.79 Å². The van der Waals surface area contributed by atoms with Gasteiger partial charge in [0.05, 0.1) is 12.7 Å². The highest BCUT2D eigenvalue weighted by atomic mass is 16.5. The lowest BCUT2D eigenvalue weighted by atomic mass is 10.2. The van der Waals surface area contributed by atoms with Crippen LogP contribution in [0.5, 0.6) is 0 Å². The third-order valence-corrected chi connectivity index (χ3v) is 4.84. The minimum Gasteiger partial charge on any atom is -0.468 e. The van der Waals surface area contributed by atoms with Crippen LogP contribution in [0.3, 0.4) is 0 Å². The van der Waals surface area contributed by atoms with Crippen LogP contribution >= 0.6 is 0 Å². The van der Waals surface area contributed by atoms with Crippen LogP contribution < -0.4 is 10.6 Å². The van der Waals surface area contributed by atoms with E-state index in [0.717, 1.165) is 17.0 Å². The van der Waals surface area contributed by atoms with Crippen molar-refractivity contribution < 1.29 is 9.53 Å². The summed E-state index contributed by atoms with van der Waals surface area (Å²) in [6.45, 7) is 5.22. The predicted molar refractivity (Wildman–Crippen MR) is 103 cm³/mol. The lowest BCUT2D eigenvalue weighted by molar-refractivity contribution is -0.142. The number of nitrogens with zero attached hydrogens (tertiary/aromatic N) is 6. The fraction of sp³-hybridized carbons (Fsp3) is 0.444. The fourth-order valence-corrected chi connectivity index (χ4v) is 3.43. The van der Waals surface area contributed by atoms with E-state index in [-0.39, 0.29) is 18.1 Å². The minimum absolute atomic E-state index is 0.0418. The highest BCUT2D eigenvalue weighted by Crippen LogP contribution is 2.27. The van der Waals surface area contributed by atoms with Crippen LogP contribution in [0.1, 0.15) is 19.2 Å². The second-order valence-corrected chi connectivity index (χ2v) is 6.65. The molecule has 1 unspecified atom stereocenters. The molecular formula is C18H22N8O2. The molecule has 2 atom stereocenters. The van der Waals surface area contributed by atoms with Crippen LogP contribution in [0.4, 0.5) is 5.82 Å². The van der Waals surface area contributed by atoms with E-state index >= 15 is 0 Å². The molecule has 2 N–H and O–H groups in total. The second-order valence-electron chi connectivity index (χ2n) is 6.65. The Bertz CT molecular complexity index is 1000. The molecule has 3 aromatic heterocycles. The van der Waals surface area contributed by atoms with Crippen molar-refractivity contribution in [3.8, 4) is 11.4 Å². The maximum absolute atomic E-state index is 11.7. The Morgan fingerprint density at radius 1 is 1.32 bits per heavy atom. The quantitative estimate of drug-likeness (QED) is 0.621. The summed E-state index contributed by atoms with van der Waals surface area (Å²) < 4.78 is 6.83. The lowest BCUT2D eigenvalue weighted by Gasteiger charge is -2.12. The van der Waals surface area contributed by atoms with E-state index in [1.54, 1.807) is 12.4 Å². The molecule has 0 aliphatic carbocycles. The maximum atomic E-state index is 11.7. The molecule has 1 aliphatic rings. The SMILES string of the molecule is CCn1c(-c2cnc(C)nc2)nc2c(NC3CN[C@@H](C(=O)OC)C3)ncnc21. The Kier molecular flexibility index (Phi) is 4.86. The molecule has 0 bridgehead atoms. The lowest BCUT2D eigenvalue weighted by Crippen LogP contribution is -2.31. The van der Waals surface area contributed by atoms with Gasteiger partial charge in [-0.25, -0.2) is 24.9 Å². The zero-order chi connectivity index (χ0) is 19.7. The maximum Gasteiger partial charge on any atom is 0.322 e. The highest BCUT2D eigenvalue weighted by Gasteiger charge is 2.31. The molecule has 1 fully saturated rings.